The largest absolute Gasteiger partial charge is 0.442 e. The molecule has 0 aromatic carbocycles. The smallest absolute Gasteiger partial charge is 0.262 e. The van der Waals surface area contributed by atoms with Crippen molar-refractivity contribution in [3.63, 3.8) is 0 Å². The second kappa shape index (κ2) is 7.92. The zero-order chi connectivity index (χ0) is 22.3. The molecule has 0 saturated heterocycles. The Balaban J connectivity index is 1.24. The summed E-state index contributed by atoms with van der Waals surface area (Å²) in [5, 5.41) is 6.27. The molecule has 3 aromatic rings. The van der Waals surface area contributed by atoms with Crippen LogP contribution in [0.1, 0.15) is 47.6 Å². The Hall–Kier alpha value is -3.43. The maximum atomic E-state index is 13.0. The summed E-state index contributed by atoms with van der Waals surface area (Å²) in [6.45, 7) is 3.23. The van der Waals surface area contributed by atoms with Crippen LogP contribution in [-0.4, -0.2) is 44.4 Å². The van der Waals surface area contributed by atoms with Gasteiger partial charge in [0.2, 0.25) is 11.6 Å². The number of fused-ring (bicyclic) bond motifs is 2. The van der Waals surface area contributed by atoms with Gasteiger partial charge in [0.15, 0.2) is 0 Å². The van der Waals surface area contributed by atoms with Crippen molar-refractivity contribution in [2.45, 2.75) is 45.6 Å². The van der Waals surface area contributed by atoms with Crippen LogP contribution < -0.4 is 16.2 Å². The van der Waals surface area contributed by atoms with E-state index in [2.05, 4.69) is 25.6 Å². The molecule has 3 aromatic heterocycles. The number of aromatic amines is 1. The number of furan rings is 1. The zero-order valence-corrected chi connectivity index (χ0v) is 17.9. The van der Waals surface area contributed by atoms with Gasteiger partial charge in [0.1, 0.15) is 17.0 Å². The normalized spacial score (nSPS) is 19.2. The fourth-order valence-electron chi connectivity index (χ4n) is 5.04. The third-order valence-electron chi connectivity index (χ3n) is 6.84. The average Bonchev–Trinajstić information content (AvgIpc) is 3.53. The minimum Gasteiger partial charge on any atom is -0.442 e. The summed E-state index contributed by atoms with van der Waals surface area (Å²) in [5.41, 5.74) is -0.241. The van der Waals surface area contributed by atoms with Gasteiger partial charge in [-0.1, -0.05) is 12.8 Å². The number of nitrogens with zero attached hydrogens (tertiary/aromatic N) is 3. The van der Waals surface area contributed by atoms with Crippen molar-refractivity contribution in [1.82, 2.24) is 30.2 Å². The van der Waals surface area contributed by atoms with Gasteiger partial charge in [-0.2, -0.15) is 0 Å². The first-order chi connectivity index (χ1) is 15.5. The lowest BCUT2D eigenvalue weighted by molar-refractivity contribution is -0.125. The van der Waals surface area contributed by atoms with Gasteiger partial charge in [0.25, 0.3) is 11.5 Å². The molecule has 2 aliphatic rings. The van der Waals surface area contributed by atoms with Crippen molar-refractivity contribution in [2.24, 2.45) is 11.3 Å². The van der Waals surface area contributed by atoms with E-state index in [1.807, 2.05) is 10.8 Å². The number of rotatable bonds is 6. The first-order valence-electron chi connectivity index (χ1n) is 11.0. The number of aromatic nitrogens is 4. The van der Waals surface area contributed by atoms with Crippen LogP contribution >= 0.6 is 0 Å². The fourth-order valence-corrected chi connectivity index (χ4v) is 5.04. The molecule has 32 heavy (non-hydrogen) atoms. The van der Waals surface area contributed by atoms with Crippen LogP contribution in [0, 0.1) is 18.3 Å². The van der Waals surface area contributed by atoms with E-state index in [9.17, 15) is 14.4 Å². The van der Waals surface area contributed by atoms with Crippen LogP contribution in [0.25, 0.3) is 11.1 Å². The van der Waals surface area contributed by atoms with Crippen molar-refractivity contribution >= 4 is 22.9 Å². The minimum atomic E-state index is -0.406. The molecule has 2 amide bonds. The molecule has 10 heteroatoms. The number of amides is 2. The maximum Gasteiger partial charge on any atom is 0.262 e. The molecule has 10 nitrogen and oxygen atoms in total. The predicted molar refractivity (Wildman–Crippen MR) is 115 cm³/mol. The molecular weight excluding hydrogens is 412 g/mol. The van der Waals surface area contributed by atoms with Crippen LogP contribution in [-0.2, 0) is 17.8 Å². The lowest BCUT2D eigenvalue weighted by Gasteiger charge is -2.30. The van der Waals surface area contributed by atoms with Gasteiger partial charge in [0, 0.05) is 43.9 Å². The second-order valence-corrected chi connectivity index (χ2v) is 8.95. The Morgan fingerprint density at radius 1 is 1.25 bits per heavy atom. The molecule has 1 atom stereocenters. The second-order valence-electron chi connectivity index (χ2n) is 8.95. The average molecular weight is 438 g/mol. The SMILES string of the molecule is Cc1oc2nc[nH]c(=O)c2c1C(=O)NCC1(CNC(=O)C2Cc3nccn3C2)CCCC1. The van der Waals surface area contributed by atoms with Crippen LogP contribution in [0.5, 0.6) is 0 Å². The van der Waals surface area contributed by atoms with Gasteiger partial charge >= 0.3 is 0 Å². The number of carbonyl (C=O) groups is 2. The Morgan fingerprint density at radius 2 is 2.03 bits per heavy atom. The van der Waals surface area contributed by atoms with Gasteiger partial charge in [-0.25, -0.2) is 9.97 Å². The van der Waals surface area contributed by atoms with Gasteiger partial charge < -0.3 is 24.6 Å². The third kappa shape index (κ3) is 3.59. The summed E-state index contributed by atoms with van der Waals surface area (Å²) in [6, 6.07) is 0. The topological polar surface area (TPSA) is 135 Å². The fraction of sp³-hybridized carbons (Fsp3) is 0.500. The Morgan fingerprint density at radius 3 is 2.81 bits per heavy atom. The number of carbonyl (C=O) groups excluding carboxylic acids is 2. The monoisotopic (exact) mass is 438 g/mol. The molecule has 168 valence electrons. The van der Waals surface area contributed by atoms with Gasteiger partial charge in [0.05, 0.1) is 17.8 Å². The van der Waals surface area contributed by atoms with Gasteiger partial charge in [-0.15, -0.1) is 0 Å². The number of hydrogen-bond acceptors (Lipinski definition) is 6. The number of H-pyrrole nitrogens is 1. The molecule has 0 radical (unpaired) electrons. The van der Waals surface area contributed by atoms with E-state index in [-0.39, 0.29) is 39.8 Å². The molecule has 5 rings (SSSR count). The minimum absolute atomic E-state index is 0.0300. The molecule has 0 spiro atoms. The predicted octanol–water partition coefficient (Wildman–Crippen LogP) is 1.30. The first kappa shape index (κ1) is 20.5. The lowest BCUT2D eigenvalue weighted by Crippen LogP contribution is -2.45. The molecule has 1 unspecified atom stereocenters. The Bertz CT molecular complexity index is 1210. The molecular formula is C22H26N6O4. The van der Waals surface area contributed by atoms with Crippen LogP contribution in [0.4, 0.5) is 0 Å². The lowest BCUT2D eigenvalue weighted by atomic mass is 9.85. The van der Waals surface area contributed by atoms with E-state index in [0.29, 0.717) is 31.8 Å². The summed E-state index contributed by atoms with van der Waals surface area (Å²) in [6.07, 6.45) is 9.53. The van der Waals surface area contributed by atoms with Crippen molar-refractivity contribution in [2.75, 3.05) is 13.1 Å². The van der Waals surface area contributed by atoms with Crippen molar-refractivity contribution in [3.8, 4) is 0 Å². The molecule has 1 saturated carbocycles. The number of nitrogens with one attached hydrogen (secondary N) is 3. The van der Waals surface area contributed by atoms with E-state index in [1.54, 1.807) is 13.1 Å². The Labute approximate surface area is 183 Å². The Kier molecular flexibility index (Phi) is 5.07. The van der Waals surface area contributed by atoms with E-state index >= 15 is 0 Å². The van der Waals surface area contributed by atoms with Crippen molar-refractivity contribution in [3.05, 3.63) is 46.2 Å². The van der Waals surface area contributed by atoms with Crippen LogP contribution in [0.15, 0.2) is 27.9 Å². The zero-order valence-electron chi connectivity index (χ0n) is 17.9. The van der Waals surface area contributed by atoms with Gasteiger partial charge in [-0.3, -0.25) is 14.4 Å². The molecule has 3 N–H and O–H groups in total. The number of imidazole rings is 1. The molecule has 4 heterocycles. The molecule has 1 aliphatic carbocycles. The highest BCUT2D eigenvalue weighted by Gasteiger charge is 2.36. The highest BCUT2D eigenvalue weighted by atomic mass is 16.3. The highest BCUT2D eigenvalue weighted by Crippen LogP contribution is 2.37. The molecule has 1 aliphatic heterocycles. The summed E-state index contributed by atoms with van der Waals surface area (Å²) < 4.78 is 7.52. The maximum absolute atomic E-state index is 13.0. The first-order valence-corrected chi connectivity index (χ1v) is 11.0. The van der Waals surface area contributed by atoms with Crippen LogP contribution in [0.3, 0.4) is 0 Å². The summed E-state index contributed by atoms with van der Waals surface area (Å²) in [7, 11) is 0. The summed E-state index contributed by atoms with van der Waals surface area (Å²) in [4.78, 5) is 48.7. The summed E-state index contributed by atoms with van der Waals surface area (Å²) >= 11 is 0. The quantitative estimate of drug-likeness (QED) is 0.531. The highest BCUT2D eigenvalue weighted by molar-refractivity contribution is 6.06. The number of aryl methyl sites for hydroxylation is 1. The third-order valence-corrected chi connectivity index (χ3v) is 6.84. The van der Waals surface area contributed by atoms with Gasteiger partial charge in [-0.05, 0) is 19.8 Å². The standard InChI is InChI=1S/C22H26N6O4/c1-13-16(17-20(31)26-12-27-21(17)32-13)19(30)25-11-22(4-2-3-5-22)10-24-18(29)14-8-15-23-6-7-28(15)9-14/h6-7,12,14H,2-5,8-11H2,1H3,(H,24,29)(H,25,30)(H,26,27,31). The van der Waals surface area contributed by atoms with Crippen LogP contribution in [0.2, 0.25) is 0 Å². The summed E-state index contributed by atoms with van der Waals surface area (Å²) in [5.74, 6) is 0.862. The van der Waals surface area contributed by atoms with Crippen molar-refractivity contribution in [1.29, 1.82) is 0 Å². The van der Waals surface area contributed by atoms with E-state index in [1.165, 1.54) is 6.33 Å². The van der Waals surface area contributed by atoms with E-state index in [4.69, 9.17) is 4.42 Å². The number of hydrogen-bond donors (Lipinski definition) is 3. The molecule has 0 bridgehead atoms. The molecule has 1 fully saturated rings. The van der Waals surface area contributed by atoms with E-state index in [0.717, 1.165) is 31.5 Å². The van der Waals surface area contributed by atoms with E-state index < -0.39 is 5.56 Å². The van der Waals surface area contributed by atoms with Crippen molar-refractivity contribution < 1.29 is 14.0 Å².